The van der Waals surface area contributed by atoms with Crippen LogP contribution in [-0.4, -0.2) is 44.1 Å². The first-order chi connectivity index (χ1) is 10.9. The third-order valence-corrected chi connectivity index (χ3v) is 3.55. The van der Waals surface area contributed by atoms with Gasteiger partial charge in [-0.15, -0.1) is 0 Å². The molecule has 2 rings (SSSR count). The molecule has 1 aromatic carbocycles. The van der Waals surface area contributed by atoms with E-state index in [0.717, 1.165) is 11.8 Å². The molecule has 0 fully saturated rings. The maximum Gasteiger partial charge on any atom is 0.319 e. The molecule has 0 radical (unpaired) electrons. The molecular weight excluding hydrogens is 300 g/mol. The van der Waals surface area contributed by atoms with Gasteiger partial charge in [0.05, 0.1) is 17.6 Å². The van der Waals surface area contributed by atoms with Crippen molar-refractivity contribution in [2.45, 2.75) is 20.0 Å². The molecule has 2 N–H and O–H groups in total. The van der Waals surface area contributed by atoms with Crippen molar-refractivity contribution in [2.75, 3.05) is 13.1 Å². The Kier molecular flexibility index (Phi) is 5.07. The van der Waals surface area contributed by atoms with Gasteiger partial charge < -0.3 is 10.0 Å². The van der Waals surface area contributed by atoms with Crippen LogP contribution >= 0.6 is 0 Å². The number of nitrogens with one attached hydrogen (secondary N) is 1. The molecule has 1 atom stereocenters. The Bertz CT molecular complexity index is 696. The van der Waals surface area contributed by atoms with Gasteiger partial charge in [0.2, 0.25) is 5.69 Å². The Morgan fingerprint density at radius 3 is 2.65 bits per heavy atom. The Hall–Kier alpha value is -2.74. The zero-order chi connectivity index (χ0) is 17.0. The molecule has 1 aromatic heterocycles. The monoisotopic (exact) mass is 318 g/mol. The lowest BCUT2D eigenvalue weighted by Crippen LogP contribution is -2.35. The second kappa shape index (κ2) is 7.01. The number of hydrogen-bond donors (Lipinski definition) is 2. The van der Waals surface area contributed by atoms with E-state index in [9.17, 15) is 20.0 Å². The number of H-pyrrole nitrogens is 1. The normalized spacial score (nSPS) is 12.0. The quantitative estimate of drug-likeness (QED) is 0.623. The first-order valence-electron chi connectivity index (χ1n) is 7.15. The first-order valence-corrected chi connectivity index (χ1v) is 7.15. The van der Waals surface area contributed by atoms with E-state index in [1.807, 2.05) is 19.1 Å². The van der Waals surface area contributed by atoms with Crippen molar-refractivity contribution >= 4 is 11.6 Å². The lowest BCUT2D eigenvalue weighted by molar-refractivity contribution is -0.385. The Balaban J connectivity index is 2.15. The molecule has 0 bridgehead atoms. The summed E-state index contributed by atoms with van der Waals surface area (Å²) in [5, 5.41) is 27.1. The van der Waals surface area contributed by atoms with Gasteiger partial charge in [-0.3, -0.25) is 20.0 Å². The van der Waals surface area contributed by atoms with Crippen molar-refractivity contribution in [3.05, 3.63) is 57.4 Å². The van der Waals surface area contributed by atoms with Crippen LogP contribution in [0.3, 0.4) is 0 Å². The van der Waals surface area contributed by atoms with E-state index in [4.69, 9.17) is 0 Å². The van der Waals surface area contributed by atoms with E-state index in [0.29, 0.717) is 12.1 Å². The van der Waals surface area contributed by atoms with Crippen LogP contribution in [0.15, 0.2) is 30.5 Å². The molecule has 8 heteroatoms. The van der Waals surface area contributed by atoms with E-state index in [1.165, 1.54) is 4.90 Å². The van der Waals surface area contributed by atoms with Crippen molar-refractivity contribution in [1.82, 2.24) is 15.1 Å². The second-order valence-corrected chi connectivity index (χ2v) is 5.16. The number of rotatable bonds is 6. The minimum atomic E-state index is -0.874. The largest absolute Gasteiger partial charge is 0.387 e. The van der Waals surface area contributed by atoms with Gasteiger partial charge in [0, 0.05) is 6.54 Å². The van der Waals surface area contributed by atoms with E-state index in [1.54, 1.807) is 19.1 Å². The van der Waals surface area contributed by atoms with Gasteiger partial charge in [0.25, 0.3) is 5.91 Å². The molecule has 0 aliphatic rings. The molecule has 0 spiro atoms. The molecule has 0 aliphatic carbocycles. The van der Waals surface area contributed by atoms with Gasteiger partial charge in [-0.25, -0.2) is 0 Å². The molecule has 8 nitrogen and oxygen atoms in total. The fraction of sp³-hybridized carbons (Fsp3) is 0.333. The van der Waals surface area contributed by atoms with Crippen molar-refractivity contribution in [3.63, 3.8) is 0 Å². The number of aryl methyl sites for hydroxylation is 1. The van der Waals surface area contributed by atoms with Gasteiger partial charge in [-0.2, -0.15) is 5.10 Å². The SMILES string of the molecule is CCN(CC(O)c1ccc(C)cc1)C(=O)c1[nH]ncc1[N+](=O)[O-]. The highest BCUT2D eigenvalue weighted by atomic mass is 16.6. The van der Waals surface area contributed by atoms with Gasteiger partial charge in [-0.05, 0) is 19.4 Å². The number of nitrogens with zero attached hydrogens (tertiary/aromatic N) is 3. The highest BCUT2D eigenvalue weighted by Crippen LogP contribution is 2.20. The molecule has 1 amide bonds. The minimum Gasteiger partial charge on any atom is -0.387 e. The van der Waals surface area contributed by atoms with Crippen molar-refractivity contribution in [3.8, 4) is 0 Å². The summed E-state index contributed by atoms with van der Waals surface area (Å²) < 4.78 is 0. The Morgan fingerprint density at radius 1 is 1.43 bits per heavy atom. The zero-order valence-electron chi connectivity index (χ0n) is 12.9. The van der Waals surface area contributed by atoms with Crippen molar-refractivity contribution < 1.29 is 14.8 Å². The number of aliphatic hydroxyl groups excluding tert-OH is 1. The molecule has 2 aromatic rings. The topological polar surface area (TPSA) is 112 Å². The number of likely N-dealkylation sites (N-methyl/N-ethyl adjacent to an activating group) is 1. The van der Waals surface area contributed by atoms with Crippen molar-refractivity contribution in [2.24, 2.45) is 0 Å². The summed E-state index contributed by atoms with van der Waals surface area (Å²) in [5.74, 6) is -0.567. The van der Waals surface area contributed by atoms with Crippen LogP contribution in [-0.2, 0) is 0 Å². The number of benzene rings is 1. The summed E-state index contributed by atoms with van der Waals surface area (Å²) in [6.07, 6.45) is 0.124. The average Bonchev–Trinajstić information content (AvgIpc) is 3.02. The number of nitro groups is 1. The summed E-state index contributed by atoms with van der Waals surface area (Å²) in [6.45, 7) is 4.02. The molecule has 0 saturated carbocycles. The molecule has 122 valence electrons. The van der Waals surface area contributed by atoms with Crippen LogP contribution in [0.5, 0.6) is 0 Å². The molecule has 23 heavy (non-hydrogen) atoms. The summed E-state index contributed by atoms with van der Waals surface area (Å²) in [7, 11) is 0. The van der Waals surface area contributed by atoms with Gasteiger partial charge in [0.15, 0.2) is 0 Å². The van der Waals surface area contributed by atoms with Gasteiger partial charge in [-0.1, -0.05) is 29.8 Å². The fourth-order valence-electron chi connectivity index (χ4n) is 2.19. The smallest absolute Gasteiger partial charge is 0.319 e. The van der Waals surface area contributed by atoms with Crippen molar-refractivity contribution in [1.29, 1.82) is 0 Å². The number of carbonyl (C=O) groups is 1. The summed E-state index contributed by atoms with van der Waals surface area (Å²) in [4.78, 5) is 24.0. The third-order valence-electron chi connectivity index (χ3n) is 3.55. The number of aromatic nitrogens is 2. The third kappa shape index (κ3) is 3.72. The Morgan fingerprint density at radius 2 is 2.09 bits per heavy atom. The molecule has 1 unspecified atom stereocenters. The van der Waals surface area contributed by atoms with Crippen LogP contribution in [0.25, 0.3) is 0 Å². The minimum absolute atomic E-state index is 0.0363. The number of carbonyl (C=O) groups excluding carboxylic acids is 1. The van der Waals surface area contributed by atoms with Crippen LogP contribution in [0, 0.1) is 17.0 Å². The average molecular weight is 318 g/mol. The maximum atomic E-state index is 12.4. The predicted molar refractivity (Wildman–Crippen MR) is 83.0 cm³/mol. The summed E-state index contributed by atoms with van der Waals surface area (Å²) in [6, 6.07) is 7.32. The van der Waals surface area contributed by atoms with Crippen LogP contribution in [0.4, 0.5) is 5.69 Å². The molecule has 1 heterocycles. The van der Waals surface area contributed by atoms with Gasteiger partial charge >= 0.3 is 5.69 Å². The molecule has 0 saturated heterocycles. The van der Waals surface area contributed by atoms with Crippen LogP contribution in [0.1, 0.15) is 34.6 Å². The predicted octanol–water partition coefficient (Wildman–Crippen LogP) is 1.82. The van der Waals surface area contributed by atoms with Gasteiger partial charge in [0.1, 0.15) is 6.20 Å². The zero-order valence-corrected chi connectivity index (χ0v) is 12.9. The first kappa shape index (κ1) is 16.6. The van der Waals surface area contributed by atoms with E-state index in [2.05, 4.69) is 10.2 Å². The lowest BCUT2D eigenvalue weighted by Gasteiger charge is -2.23. The van der Waals surface area contributed by atoms with Crippen LogP contribution < -0.4 is 0 Å². The maximum absolute atomic E-state index is 12.4. The van der Waals surface area contributed by atoms with E-state index >= 15 is 0 Å². The summed E-state index contributed by atoms with van der Waals surface area (Å²) in [5.41, 5.74) is 1.18. The summed E-state index contributed by atoms with van der Waals surface area (Å²) >= 11 is 0. The highest BCUT2D eigenvalue weighted by molar-refractivity contribution is 5.96. The van der Waals surface area contributed by atoms with E-state index in [-0.39, 0.29) is 17.9 Å². The number of hydrogen-bond acceptors (Lipinski definition) is 5. The van der Waals surface area contributed by atoms with Crippen LogP contribution in [0.2, 0.25) is 0 Å². The number of aromatic amines is 1. The second-order valence-electron chi connectivity index (χ2n) is 5.16. The Labute approximate surface area is 132 Å². The molecular formula is C15H18N4O4. The van der Waals surface area contributed by atoms with E-state index < -0.39 is 16.9 Å². The number of aliphatic hydroxyl groups is 1. The lowest BCUT2D eigenvalue weighted by atomic mass is 10.1. The fourth-order valence-corrected chi connectivity index (χ4v) is 2.19. The highest BCUT2D eigenvalue weighted by Gasteiger charge is 2.27. The standard InChI is InChI=1S/C15H18N4O4/c1-3-18(9-13(20)11-6-4-10(2)5-7-11)15(21)14-12(19(22)23)8-16-17-14/h4-8,13,20H,3,9H2,1-2H3,(H,16,17). The number of amides is 1. The molecule has 0 aliphatic heterocycles.